The smallest absolute Gasteiger partial charge is 0.321 e. The van der Waals surface area contributed by atoms with Gasteiger partial charge >= 0.3 is 6.01 Å². The molecule has 1 aromatic carbocycles. The topological polar surface area (TPSA) is 61.0 Å². The number of benzene rings is 1. The van der Waals surface area contributed by atoms with Gasteiger partial charge in [-0.05, 0) is 12.1 Å². The van der Waals surface area contributed by atoms with Crippen LogP contribution in [0.1, 0.15) is 0 Å². The van der Waals surface area contributed by atoms with E-state index in [-0.39, 0.29) is 22.5 Å². The van der Waals surface area contributed by atoms with E-state index in [1.54, 1.807) is 6.07 Å². The lowest BCUT2D eigenvalue weighted by Crippen LogP contribution is -1.95. The van der Waals surface area contributed by atoms with Crippen LogP contribution >= 0.6 is 11.6 Å². The Bertz CT molecular complexity index is 507. The number of nitrogens with two attached hydrogens (primary N) is 1. The summed E-state index contributed by atoms with van der Waals surface area (Å²) in [6.07, 6.45) is 3.03. The van der Waals surface area contributed by atoms with Gasteiger partial charge in [-0.2, -0.15) is 0 Å². The fourth-order valence-electron chi connectivity index (χ4n) is 1.06. The van der Waals surface area contributed by atoms with Gasteiger partial charge in [0.25, 0.3) is 0 Å². The number of rotatable bonds is 2. The van der Waals surface area contributed by atoms with Crippen molar-refractivity contribution in [1.29, 1.82) is 0 Å². The van der Waals surface area contributed by atoms with Crippen LogP contribution in [0.4, 0.5) is 10.1 Å². The van der Waals surface area contributed by atoms with E-state index in [9.17, 15) is 4.39 Å². The van der Waals surface area contributed by atoms with E-state index in [4.69, 9.17) is 22.1 Å². The Hall–Kier alpha value is -1.88. The Morgan fingerprint density at radius 3 is 2.62 bits per heavy atom. The van der Waals surface area contributed by atoms with E-state index in [0.29, 0.717) is 0 Å². The minimum absolute atomic E-state index is 0.0460. The summed E-state index contributed by atoms with van der Waals surface area (Å²) in [6.45, 7) is 0. The molecule has 0 saturated carbocycles. The zero-order chi connectivity index (χ0) is 11.5. The SMILES string of the molecule is Nc1cc(Oc2ncccn2)c(Cl)cc1F. The third kappa shape index (κ3) is 2.20. The van der Waals surface area contributed by atoms with Crippen LogP contribution in [0.5, 0.6) is 11.8 Å². The molecule has 2 aromatic rings. The lowest BCUT2D eigenvalue weighted by molar-refractivity contribution is 0.441. The summed E-state index contributed by atoms with van der Waals surface area (Å²) in [6, 6.07) is 4.13. The molecule has 16 heavy (non-hydrogen) atoms. The molecule has 0 radical (unpaired) electrons. The third-order valence-corrected chi connectivity index (χ3v) is 2.09. The van der Waals surface area contributed by atoms with Crippen molar-refractivity contribution in [3.8, 4) is 11.8 Å². The van der Waals surface area contributed by atoms with Gasteiger partial charge in [-0.1, -0.05) is 11.6 Å². The molecule has 4 nitrogen and oxygen atoms in total. The first-order valence-electron chi connectivity index (χ1n) is 4.36. The Labute approximate surface area is 95.9 Å². The van der Waals surface area contributed by atoms with Crippen molar-refractivity contribution in [3.63, 3.8) is 0 Å². The maximum atomic E-state index is 13.0. The first kappa shape index (κ1) is 10.6. The lowest BCUT2D eigenvalue weighted by atomic mass is 10.3. The molecule has 1 heterocycles. The fraction of sp³-hybridized carbons (Fsp3) is 0. The highest BCUT2D eigenvalue weighted by Crippen LogP contribution is 2.31. The van der Waals surface area contributed by atoms with Crippen molar-refractivity contribution in [2.75, 3.05) is 5.73 Å². The highest BCUT2D eigenvalue weighted by Gasteiger charge is 2.09. The number of nitrogens with zero attached hydrogens (tertiary/aromatic N) is 2. The minimum Gasteiger partial charge on any atom is -0.423 e. The quantitative estimate of drug-likeness (QED) is 0.819. The van der Waals surface area contributed by atoms with Crippen LogP contribution in [0.15, 0.2) is 30.6 Å². The van der Waals surface area contributed by atoms with Crippen molar-refractivity contribution in [1.82, 2.24) is 9.97 Å². The van der Waals surface area contributed by atoms with Crippen molar-refractivity contribution < 1.29 is 9.13 Å². The normalized spacial score (nSPS) is 10.1. The van der Waals surface area contributed by atoms with E-state index >= 15 is 0 Å². The molecular formula is C10H7ClFN3O. The lowest BCUT2D eigenvalue weighted by Gasteiger charge is -2.06. The second kappa shape index (κ2) is 4.32. The van der Waals surface area contributed by atoms with Crippen molar-refractivity contribution in [3.05, 3.63) is 41.4 Å². The molecular weight excluding hydrogens is 233 g/mol. The summed E-state index contributed by atoms with van der Waals surface area (Å²) in [4.78, 5) is 7.68. The number of halogens is 2. The van der Waals surface area contributed by atoms with E-state index in [1.807, 2.05) is 0 Å². The van der Waals surface area contributed by atoms with Crippen molar-refractivity contribution in [2.45, 2.75) is 0 Å². The number of aromatic nitrogens is 2. The van der Waals surface area contributed by atoms with Crippen molar-refractivity contribution >= 4 is 17.3 Å². The van der Waals surface area contributed by atoms with E-state index in [1.165, 1.54) is 18.5 Å². The number of ether oxygens (including phenoxy) is 1. The number of nitrogen functional groups attached to an aromatic ring is 1. The predicted molar refractivity (Wildman–Crippen MR) is 57.9 cm³/mol. The summed E-state index contributed by atoms with van der Waals surface area (Å²) in [5, 5.41) is 0.110. The van der Waals surface area contributed by atoms with Crippen LogP contribution in [0, 0.1) is 5.82 Å². The van der Waals surface area contributed by atoms with Gasteiger partial charge in [0.2, 0.25) is 0 Å². The number of hydrogen-bond acceptors (Lipinski definition) is 4. The molecule has 0 aliphatic carbocycles. The summed E-state index contributed by atoms with van der Waals surface area (Å²) in [7, 11) is 0. The maximum absolute atomic E-state index is 13.0. The number of anilines is 1. The summed E-state index contributed by atoms with van der Waals surface area (Å²) in [5.41, 5.74) is 5.34. The second-order valence-corrected chi connectivity index (χ2v) is 3.34. The molecule has 6 heteroatoms. The zero-order valence-corrected chi connectivity index (χ0v) is 8.78. The molecule has 0 aliphatic heterocycles. The van der Waals surface area contributed by atoms with Crippen LogP contribution in [0.3, 0.4) is 0 Å². The maximum Gasteiger partial charge on any atom is 0.321 e. The molecule has 82 valence electrons. The van der Waals surface area contributed by atoms with Gasteiger partial charge in [0.1, 0.15) is 5.82 Å². The summed E-state index contributed by atoms with van der Waals surface area (Å²) in [5.74, 6) is -0.377. The first-order chi connectivity index (χ1) is 7.66. The Kier molecular flexibility index (Phi) is 2.87. The molecule has 0 saturated heterocycles. The second-order valence-electron chi connectivity index (χ2n) is 2.94. The van der Waals surface area contributed by atoms with E-state index < -0.39 is 5.82 Å². The van der Waals surface area contributed by atoms with Gasteiger partial charge in [0, 0.05) is 18.5 Å². The monoisotopic (exact) mass is 239 g/mol. The molecule has 0 bridgehead atoms. The molecule has 0 amide bonds. The highest BCUT2D eigenvalue weighted by molar-refractivity contribution is 6.32. The number of hydrogen-bond donors (Lipinski definition) is 1. The fourth-order valence-corrected chi connectivity index (χ4v) is 1.25. The standard InChI is InChI=1S/C10H7ClFN3O/c11-6-4-7(12)8(13)5-9(6)16-10-14-2-1-3-15-10/h1-5H,13H2. The van der Waals surface area contributed by atoms with Gasteiger partial charge in [0.15, 0.2) is 5.75 Å². The predicted octanol–water partition coefficient (Wildman–Crippen LogP) is 2.64. The molecule has 1 aromatic heterocycles. The van der Waals surface area contributed by atoms with Gasteiger partial charge in [0.05, 0.1) is 10.7 Å². The minimum atomic E-state index is -0.591. The molecule has 0 fully saturated rings. The summed E-state index contributed by atoms with van der Waals surface area (Å²) >= 11 is 5.78. The molecule has 0 atom stereocenters. The van der Waals surface area contributed by atoms with Crippen LogP contribution < -0.4 is 10.5 Å². The van der Waals surface area contributed by atoms with E-state index in [2.05, 4.69) is 9.97 Å². The summed E-state index contributed by atoms with van der Waals surface area (Å²) < 4.78 is 18.2. The molecule has 2 N–H and O–H groups in total. The molecule has 0 spiro atoms. The van der Waals surface area contributed by atoms with Crippen LogP contribution in [-0.4, -0.2) is 9.97 Å². The van der Waals surface area contributed by atoms with Gasteiger partial charge in [-0.15, -0.1) is 0 Å². The Morgan fingerprint density at radius 1 is 1.25 bits per heavy atom. The highest BCUT2D eigenvalue weighted by atomic mass is 35.5. The van der Waals surface area contributed by atoms with Crippen molar-refractivity contribution in [2.24, 2.45) is 0 Å². The zero-order valence-electron chi connectivity index (χ0n) is 8.02. The van der Waals surface area contributed by atoms with Crippen LogP contribution in [0.25, 0.3) is 0 Å². The molecule has 0 aliphatic rings. The molecule has 0 unspecified atom stereocenters. The Balaban J connectivity index is 2.32. The van der Waals surface area contributed by atoms with Gasteiger partial charge in [-0.3, -0.25) is 0 Å². The third-order valence-electron chi connectivity index (χ3n) is 1.79. The largest absolute Gasteiger partial charge is 0.423 e. The van der Waals surface area contributed by atoms with Gasteiger partial charge in [-0.25, -0.2) is 14.4 Å². The Morgan fingerprint density at radius 2 is 1.94 bits per heavy atom. The first-order valence-corrected chi connectivity index (χ1v) is 4.74. The average Bonchev–Trinajstić information content (AvgIpc) is 2.27. The molecule has 2 rings (SSSR count). The van der Waals surface area contributed by atoms with Crippen LogP contribution in [-0.2, 0) is 0 Å². The average molecular weight is 240 g/mol. The van der Waals surface area contributed by atoms with Gasteiger partial charge < -0.3 is 10.5 Å². The van der Waals surface area contributed by atoms with E-state index in [0.717, 1.165) is 6.07 Å². The van der Waals surface area contributed by atoms with Crippen LogP contribution in [0.2, 0.25) is 5.02 Å².